The van der Waals surface area contributed by atoms with Crippen LogP contribution in [0.5, 0.6) is 5.75 Å². The highest BCUT2D eigenvalue weighted by Gasteiger charge is 2.26. The lowest BCUT2D eigenvalue weighted by atomic mass is 10.2. The van der Waals surface area contributed by atoms with E-state index >= 15 is 0 Å². The van der Waals surface area contributed by atoms with Gasteiger partial charge in [-0.25, -0.2) is 0 Å². The summed E-state index contributed by atoms with van der Waals surface area (Å²) in [6, 6.07) is 13.2. The predicted octanol–water partition coefficient (Wildman–Crippen LogP) is 4.42. The Bertz CT molecular complexity index is 772. The van der Waals surface area contributed by atoms with E-state index in [0.29, 0.717) is 23.9 Å². The van der Waals surface area contributed by atoms with Crippen molar-refractivity contribution in [3.05, 3.63) is 58.1 Å². The molecule has 4 nitrogen and oxygen atoms in total. The molecule has 0 unspecified atom stereocenters. The Morgan fingerprint density at radius 1 is 1.00 bits per heavy atom. The molecule has 1 aliphatic heterocycles. The number of carbonyl (C=O) groups excluding carboxylic acids is 1. The number of hydrogen-bond donors (Lipinski definition) is 0. The van der Waals surface area contributed by atoms with Crippen LogP contribution in [0.15, 0.2) is 42.5 Å². The third-order valence-electron chi connectivity index (χ3n) is 4.57. The third kappa shape index (κ3) is 4.43. The van der Waals surface area contributed by atoms with Crippen molar-refractivity contribution < 1.29 is 9.53 Å². The predicted molar refractivity (Wildman–Crippen MR) is 107 cm³/mol. The number of ether oxygens (including phenoxy) is 1. The fourth-order valence-corrected chi connectivity index (χ4v) is 3.43. The molecule has 1 fully saturated rings. The molecule has 0 radical (unpaired) electrons. The largest absolute Gasteiger partial charge is 0.481 e. The minimum atomic E-state index is -0.531. The van der Waals surface area contributed by atoms with Crippen LogP contribution in [0.25, 0.3) is 0 Å². The molecule has 0 spiro atoms. The topological polar surface area (TPSA) is 32.8 Å². The second-order valence-corrected chi connectivity index (χ2v) is 7.33. The van der Waals surface area contributed by atoms with Gasteiger partial charge in [0.05, 0.1) is 0 Å². The van der Waals surface area contributed by atoms with E-state index in [2.05, 4.69) is 4.90 Å². The maximum atomic E-state index is 12.7. The first kappa shape index (κ1) is 18.9. The molecule has 0 saturated carbocycles. The highest BCUT2D eigenvalue weighted by molar-refractivity contribution is 6.30. The van der Waals surface area contributed by atoms with Gasteiger partial charge in [-0.05, 0) is 61.9 Å². The number of amides is 1. The average Bonchev–Trinajstić information content (AvgIpc) is 2.64. The molecule has 1 saturated heterocycles. The SMILES string of the molecule is Cc1cc(Cl)ccc1O[C@H](C)C(=O)N1CCN(c2ccc(Cl)cc2)CC1. The van der Waals surface area contributed by atoms with Crippen LogP contribution in [0.3, 0.4) is 0 Å². The Labute approximate surface area is 164 Å². The van der Waals surface area contributed by atoms with Gasteiger partial charge < -0.3 is 14.5 Å². The molecule has 0 aliphatic carbocycles. The first-order chi connectivity index (χ1) is 12.4. The van der Waals surface area contributed by atoms with Gasteiger partial charge in [-0.15, -0.1) is 0 Å². The van der Waals surface area contributed by atoms with Crippen LogP contribution in [-0.4, -0.2) is 43.1 Å². The molecular weight excluding hydrogens is 371 g/mol. The van der Waals surface area contributed by atoms with Gasteiger partial charge >= 0.3 is 0 Å². The molecule has 1 atom stereocenters. The minimum Gasteiger partial charge on any atom is -0.481 e. The van der Waals surface area contributed by atoms with Crippen LogP contribution in [0.1, 0.15) is 12.5 Å². The normalized spacial score (nSPS) is 15.7. The number of benzene rings is 2. The number of piperazine rings is 1. The number of carbonyl (C=O) groups is 1. The smallest absolute Gasteiger partial charge is 0.263 e. The van der Waals surface area contributed by atoms with Gasteiger partial charge in [0, 0.05) is 41.9 Å². The van der Waals surface area contributed by atoms with Gasteiger partial charge in [-0.1, -0.05) is 23.2 Å². The molecule has 26 heavy (non-hydrogen) atoms. The van der Waals surface area contributed by atoms with E-state index in [1.807, 2.05) is 42.2 Å². The summed E-state index contributed by atoms with van der Waals surface area (Å²) in [5.74, 6) is 0.699. The van der Waals surface area contributed by atoms with Gasteiger partial charge in [0.1, 0.15) is 5.75 Å². The zero-order valence-electron chi connectivity index (χ0n) is 14.9. The van der Waals surface area contributed by atoms with Crippen molar-refractivity contribution >= 4 is 34.8 Å². The zero-order chi connectivity index (χ0) is 18.7. The summed E-state index contributed by atoms with van der Waals surface area (Å²) in [7, 11) is 0. The van der Waals surface area contributed by atoms with Gasteiger partial charge in [-0.3, -0.25) is 4.79 Å². The number of aryl methyl sites for hydroxylation is 1. The fraction of sp³-hybridized carbons (Fsp3) is 0.350. The number of nitrogens with zero attached hydrogens (tertiary/aromatic N) is 2. The van der Waals surface area contributed by atoms with Gasteiger partial charge in [0.15, 0.2) is 6.10 Å². The van der Waals surface area contributed by atoms with Crippen LogP contribution in [0.4, 0.5) is 5.69 Å². The quantitative estimate of drug-likeness (QED) is 0.771. The number of halogens is 2. The Morgan fingerprint density at radius 2 is 1.62 bits per heavy atom. The summed E-state index contributed by atoms with van der Waals surface area (Å²) in [4.78, 5) is 16.8. The second-order valence-electron chi connectivity index (χ2n) is 6.46. The van der Waals surface area contributed by atoms with Crippen molar-refractivity contribution in [2.24, 2.45) is 0 Å². The van der Waals surface area contributed by atoms with E-state index in [0.717, 1.165) is 29.4 Å². The molecule has 3 rings (SSSR count). The lowest BCUT2D eigenvalue weighted by Gasteiger charge is -2.37. The first-order valence-corrected chi connectivity index (χ1v) is 9.42. The van der Waals surface area contributed by atoms with Crippen molar-refractivity contribution in [1.29, 1.82) is 0 Å². The number of anilines is 1. The van der Waals surface area contributed by atoms with Gasteiger partial charge in [0.2, 0.25) is 0 Å². The highest BCUT2D eigenvalue weighted by Crippen LogP contribution is 2.24. The van der Waals surface area contributed by atoms with Crippen LogP contribution < -0.4 is 9.64 Å². The minimum absolute atomic E-state index is 0.00936. The maximum Gasteiger partial charge on any atom is 0.263 e. The summed E-state index contributed by atoms with van der Waals surface area (Å²) in [5, 5.41) is 1.39. The molecule has 2 aromatic rings. The summed E-state index contributed by atoms with van der Waals surface area (Å²) in [6.07, 6.45) is -0.531. The van der Waals surface area contributed by atoms with E-state index in [-0.39, 0.29) is 5.91 Å². The van der Waals surface area contributed by atoms with Gasteiger partial charge in [0.25, 0.3) is 5.91 Å². The second kappa shape index (κ2) is 8.19. The van der Waals surface area contributed by atoms with E-state index < -0.39 is 6.10 Å². The first-order valence-electron chi connectivity index (χ1n) is 8.66. The van der Waals surface area contributed by atoms with Crippen LogP contribution >= 0.6 is 23.2 Å². The third-order valence-corrected chi connectivity index (χ3v) is 5.06. The molecule has 0 bridgehead atoms. The maximum absolute atomic E-state index is 12.7. The van der Waals surface area contributed by atoms with Crippen LogP contribution in [0, 0.1) is 6.92 Å². The van der Waals surface area contributed by atoms with E-state index in [4.69, 9.17) is 27.9 Å². The molecule has 0 aromatic heterocycles. The molecule has 1 amide bonds. The van der Waals surface area contributed by atoms with Crippen molar-refractivity contribution in [2.75, 3.05) is 31.1 Å². The lowest BCUT2D eigenvalue weighted by molar-refractivity contribution is -0.138. The van der Waals surface area contributed by atoms with Crippen LogP contribution in [0.2, 0.25) is 10.0 Å². The Balaban J connectivity index is 1.56. The number of hydrogen-bond acceptors (Lipinski definition) is 3. The monoisotopic (exact) mass is 392 g/mol. The van der Waals surface area contributed by atoms with Crippen molar-refractivity contribution in [2.45, 2.75) is 20.0 Å². The summed E-state index contributed by atoms with van der Waals surface area (Å²) >= 11 is 11.9. The van der Waals surface area contributed by atoms with Crippen LogP contribution in [-0.2, 0) is 4.79 Å². The molecule has 138 valence electrons. The molecule has 6 heteroatoms. The molecule has 1 heterocycles. The van der Waals surface area contributed by atoms with E-state index in [1.54, 1.807) is 19.1 Å². The average molecular weight is 393 g/mol. The van der Waals surface area contributed by atoms with E-state index in [1.165, 1.54) is 0 Å². The molecule has 1 aliphatic rings. The molecule has 0 N–H and O–H groups in total. The van der Waals surface area contributed by atoms with Crippen molar-refractivity contribution in [3.63, 3.8) is 0 Å². The van der Waals surface area contributed by atoms with Crippen molar-refractivity contribution in [1.82, 2.24) is 4.90 Å². The summed E-state index contributed by atoms with van der Waals surface area (Å²) in [5.41, 5.74) is 2.05. The Hall–Kier alpha value is -1.91. The fourth-order valence-electron chi connectivity index (χ4n) is 3.08. The molecule has 2 aromatic carbocycles. The van der Waals surface area contributed by atoms with Crippen molar-refractivity contribution in [3.8, 4) is 5.75 Å². The summed E-state index contributed by atoms with van der Waals surface area (Å²) < 4.78 is 5.86. The zero-order valence-corrected chi connectivity index (χ0v) is 16.4. The summed E-state index contributed by atoms with van der Waals surface area (Å²) in [6.45, 7) is 6.65. The Morgan fingerprint density at radius 3 is 2.23 bits per heavy atom. The molecular formula is C20H22Cl2N2O2. The lowest BCUT2D eigenvalue weighted by Crippen LogP contribution is -2.52. The standard InChI is InChI=1S/C20H22Cl2N2O2/c1-14-13-17(22)5-8-19(14)26-15(2)20(25)24-11-9-23(10-12-24)18-6-3-16(21)4-7-18/h3-8,13,15H,9-12H2,1-2H3/t15-/m1/s1. The van der Waals surface area contributed by atoms with E-state index in [9.17, 15) is 4.79 Å². The number of rotatable bonds is 4. The van der Waals surface area contributed by atoms with Gasteiger partial charge in [-0.2, -0.15) is 0 Å². The highest BCUT2D eigenvalue weighted by atomic mass is 35.5. The Kier molecular flexibility index (Phi) is 5.94.